The predicted molar refractivity (Wildman–Crippen MR) is 105 cm³/mol. The number of carboxylic acids is 1. The standard InChI is InChI=1S/C20H21ClN4O2/c21-16-4-2-15(3-5-16)20-17(13-24-9-7-22-8-10-24)25-12-14(11-19(26)27)1-6-18(25)23-20/h1-6,12,22H,7-11,13H2,(H,26,27). The fourth-order valence-corrected chi connectivity index (χ4v) is 3.61. The summed E-state index contributed by atoms with van der Waals surface area (Å²) in [5.74, 6) is -0.837. The lowest BCUT2D eigenvalue weighted by molar-refractivity contribution is -0.136. The van der Waals surface area contributed by atoms with Crippen LogP contribution < -0.4 is 5.32 Å². The molecule has 0 saturated carbocycles. The zero-order chi connectivity index (χ0) is 18.8. The molecule has 0 unspecified atom stereocenters. The smallest absolute Gasteiger partial charge is 0.307 e. The van der Waals surface area contributed by atoms with Crippen molar-refractivity contribution in [3.05, 3.63) is 58.9 Å². The molecule has 2 N–H and O–H groups in total. The van der Waals surface area contributed by atoms with Crippen molar-refractivity contribution in [2.45, 2.75) is 13.0 Å². The highest BCUT2D eigenvalue weighted by molar-refractivity contribution is 6.30. The van der Waals surface area contributed by atoms with Gasteiger partial charge in [-0.05, 0) is 23.8 Å². The second-order valence-electron chi connectivity index (χ2n) is 6.78. The lowest BCUT2D eigenvalue weighted by atomic mass is 10.1. The number of imidazole rings is 1. The Morgan fingerprint density at radius 1 is 1.15 bits per heavy atom. The molecule has 1 fully saturated rings. The van der Waals surface area contributed by atoms with Crippen LogP contribution in [0.2, 0.25) is 5.02 Å². The summed E-state index contributed by atoms with van der Waals surface area (Å²) in [6.07, 6.45) is 1.89. The van der Waals surface area contributed by atoms with Crippen molar-refractivity contribution >= 4 is 23.2 Å². The maximum atomic E-state index is 11.1. The van der Waals surface area contributed by atoms with Crippen LogP contribution in [0.1, 0.15) is 11.3 Å². The molecule has 7 heteroatoms. The summed E-state index contributed by atoms with van der Waals surface area (Å²) in [4.78, 5) is 18.3. The molecule has 0 atom stereocenters. The first-order chi connectivity index (χ1) is 13.1. The van der Waals surface area contributed by atoms with Crippen molar-refractivity contribution in [1.82, 2.24) is 19.6 Å². The van der Waals surface area contributed by atoms with Crippen molar-refractivity contribution in [3.63, 3.8) is 0 Å². The molecule has 0 bridgehead atoms. The summed E-state index contributed by atoms with van der Waals surface area (Å²) >= 11 is 6.05. The van der Waals surface area contributed by atoms with Gasteiger partial charge in [0, 0.05) is 49.5 Å². The van der Waals surface area contributed by atoms with Crippen molar-refractivity contribution in [1.29, 1.82) is 0 Å². The average Bonchev–Trinajstić information content (AvgIpc) is 3.01. The molecule has 0 spiro atoms. The molecule has 3 heterocycles. The first-order valence-electron chi connectivity index (χ1n) is 9.01. The molecule has 4 rings (SSSR count). The molecule has 3 aromatic rings. The average molecular weight is 385 g/mol. The number of pyridine rings is 1. The number of fused-ring (bicyclic) bond motifs is 1. The lowest BCUT2D eigenvalue weighted by Gasteiger charge is -2.27. The van der Waals surface area contributed by atoms with Gasteiger partial charge in [0.15, 0.2) is 0 Å². The molecular formula is C20H21ClN4O2. The van der Waals surface area contributed by atoms with E-state index in [9.17, 15) is 4.79 Å². The van der Waals surface area contributed by atoms with Crippen LogP contribution in [0.4, 0.5) is 0 Å². The van der Waals surface area contributed by atoms with Gasteiger partial charge >= 0.3 is 5.97 Å². The van der Waals surface area contributed by atoms with Crippen LogP contribution >= 0.6 is 11.6 Å². The molecular weight excluding hydrogens is 364 g/mol. The van der Waals surface area contributed by atoms with Crippen LogP contribution in [0.25, 0.3) is 16.9 Å². The van der Waals surface area contributed by atoms with E-state index in [1.807, 2.05) is 47.0 Å². The van der Waals surface area contributed by atoms with Gasteiger partial charge in [-0.25, -0.2) is 4.98 Å². The number of aromatic nitrogens is 2. The molecule has 1 aliphatic heterocycles. The van der Waals surface area contributed by atoms with E-state index in [-0.39, 0.29) is 6.42 Å². The highest BCUT2D eigenvalue weighted by Gasteiger charge is 2.19. The molecule has 0 amide bonds. The summed E-state index contributed by atoms with van der Waals surface area (Å²) in [6.45, 7) is 4.65. The third kappa shape index (κ3) is 3.98. The summed E-state index contributed by atoms with van der Waals surface area (Å²) in [5.41, 5.74) is 4.57. The minimum Gasteiger partial charge on any atom is -0.481 e. The Hall–Kier alpha value is -2.41. The van der Waals surface area contributed by atoms with Gasteiger partial charge < -0.3 is 14.8 Å². The number of carbonyl (C=O) groups is 1. The fraction of sp³-hybridized carbons (Fsp3) is 0.300. The van der Waals surface area contributed by atoms with Gasteiger partial charge in [-0.15, -0.1) is 0 Å². The summed E-state index contributed by atoms with van der Waals surface area (Å²) in [5, 5.41) is 13.2. The number of piperazine rings is 1. The monoisotopic (exact) mass is 384 g/mol. The van der Waals surface area contributed by atoms with Crippen LogP contribution in [-0.2, 0) is 17.8 Å². The first kappa shape index (κ1) is 18.0. The zero-order valence-electron chi connectivity index (χ0n) is 14.9. The molecule has 27 heavy (non-hydrogen) atoms. The van der Waals surface area contributed by atoms with Crippen molar-refractivity contribution in [2.24, 2.45) is 0 Å². The maximum absolute atomic E-state index is 11.1. The first-order valence-corrected chi connectivity index (χ1v) is 9.38. The van der Waals surface area contributed by atoms with E-state index in [2.05, 4.69) is 10.2 Å². The number of nitrogens with zero attached hydrogens (tertiary/aromatic N) is 3. The highest BCUT2D eigenvalue weighted by atomic mass is 35.5. The van der Waals surface area contributed by atoms with Crippen LogP contribution in [0.3, 0.4) is 0 Å². The molecule has 6 nitrogen and oxygen atoms in total. The van der Waals surface area contributed by atoms with E-state index in [1.165, 1.54) is 0 Å². The molecule has 0 radical (unpaired) electrons. The number of carboxylic acid groups (broad SMARTS) is 1. The van der Waals surface area contributed by atoms with E-state index in [0.29, 0.717) is 5.02 Å². The number of hydrogen-bond donors (Lipinski definition) is 2. The molecule has 1 aliphatic rings. The second-order valence-corrected chi connectivity index (χ2v) is 7.21. The van der Waals surface area contributed by atoms with E-state index in [1.54, 1.807) is 0 Å². The number of benzene rings is 1. The van der Waals surface area contributed by atoms with Gasteiger partial charge in [0.1, 0.15) is 5.65 Å². The molecule has 1 aromatic carbocycles. The second kappa shape index (κ2) is 7.68. The number of hydrogen-bond acceptors (Lipinski definition) is 4. The number of nitrogens with one attached hydrogen (secondary N) is 1. The van der Waals surface area contributed by atoms with E-state index in [0.717, 1.165) is 60.9 Å². The largest absolute Gasteiger partial charge is 0.481 e. The maximum Gasteiger partial charge on any atom is 0.307 e. The summed E-state index contributed by atoms with van der Waals surface area (Å²) < 4.78 is 2.03. The van der Waals surface area contributed by atoms with Crippen molar-refractivity contribution < 1.29 is 9.90 Å². The van der Waals surface area contributed by atoms with Crippen LogP contribution in [0.5, 0.6) is 0 Å². The van der Waals surface area contributed by atoms with Gasteiger partial charge in [-0.1, -0.05) is 29.8 Å². The Balaban J connectivity index is 1.80. The minimum absolute atomic E-state index is 0.00251. The summed E-state index contributed by atoms with van der Waals surface area (Å²) in [7, 11) is 0. The van der Waals surface area contributed by atoms with Gasteiger partial charge in [-0.2, -0.15) is 0 Å². The van der Waals surface area contributed by atoms with Crippen LogP contribution in [-0.4, -0.2) is 51.5 Å². The molecule has 140 valence electrons. The van der Waals surface area contributed by atoms with E-state index in [4.69, 9.17) is 21.7 Å². The predicted octanol–water partition coefficient (Wildman–Crippen LogP) is 2.69. The van der Waals surface area contributed by atoms with E-state index >= 15 is 0 Å². The number of halogens is 1. The van der Waals surface area contributed by atoms with Crippen molar-refractivity contribution in [2.75, 3.05) is 26.2 Å². The normalized spacial score (nSPS) is 15.3. The minimum atomic E-state index is -0.837. The Bertz CT molecular complexity index is 962. The summed E-state index contributed by atoms with van der Waals surface area (Å²) in [6, 6.07) is 11.4. The fourth-order valence-electron chi connectivity index (χ4n) is 3.49. The van der Waals surface area contributed by atoms with Crippen molar-refractivity contribution in [3.8, 4) is 11.3 Å². The Morgan fingerprint density at radius 2 is 1.89 bits per heavy atom. The Morgan fingerprint density at radius 3 is 2.59 bits per heavy atom. The van der Waals surface area contributed by atoms with Crippen LogP contribution in [0, 0.1) is 0 Å². The number of aliphatic carboxylic acids is 1. The zero-order valence-corrected chi connectivity index (χ0v) is 15.6. The third-order valence-electron chi connectivity index (χ3n) is 4.83. The molecule has 2 aromatic heterocycles. The Kier molecular flexibility index (Phi) is 5.11. The van der Waals surface area contributed by atoms with Gasteiger partial charge in [0.05, 0.1) is 17.8 Å². The van der Waals surface area contributed by atoms with Gasteiger partial charge in [0.2, 0.25) is 0 Å². The lowest BCUT2D eigenvalue weighted by Crippen LogP contribution is -2.43. The quantitative estimate of drug-likeness (QED) is 0.707. The highest BCUT2D eigenvalue weighted by Crippen LogP contribution is 2.27. The molecule has 0 aliphatic carbocycles. The topological polar surface area (TPSA) is 69.9 Å². The van der Waals surface area contributed by atoms with Gasteiger partial charge in [0.25, 0.3) is 0 Å². The molecule has 1 saturated heterocycles. The van der Waals surface area contributed by atoms with Crippen LogP contribution in [0.15, 0.2) is 42.6 Å². The third-order valence-corrected chi connectivity index (χ3v) is 5.09. The Labute approximate surface area is 162 Å². The SMILES string of the molecule is O=C(O)Cc1ccc2nc(-c3ccc(Cl)cc3)c(CN3CCNCC3)n2c1. The van der Waals surface area contributed by atoms with E-state index < -0.39 is 5.97 Å². The van der Waals surface area contributed by atoms with Gasteiger partial charge in [-0.3, -0.25) is 9.69 Å². The number of rotatable bonds is 5.